The van der Waals surface area contributed by atoms with Gasteiger partial charge in [-0.05, 0) is 36.8 Å². The van der Waals surface area contributed by atoms with Crippen LogP contribution in [0, 0.1) is 28.4 Å². The van der Waals surface area contributed by atoms with Crippen molar-refractivity contribution < 1.29 is 9.66 Å². The molecule has 0 atom stereocenters. The SMILES string of the molecule is CNc1cccc(Oc2cc(C#N)ccc2C)c1[N+](=O)[O-]. The molecule has 6 heteroatoms. The fraction of sp³-hybridized carbons (Fsp3) is 0.133. The van der Waals surface area contributed by atoms with Crippen molar-refractivity contribution in [2.45, 2.75) is 6.92 Å². The van der Waals surface area contributed by atoms with E-state index in [1.54, 1.807) is 37.4 Å². The Labute approximate surface area is 121 Å². The first-order valence-electron chi connectivity index (χ1n) is 6.20. The number of anilines is 1. The summed E-state index contributed by atoms with van der Waals surface area (Å²) in [6.45, 7) is 1.81. The van der Waals surface area contributed by atoms with E-state index >= 15 is 0 Å². The lowest BCUT2D eigenvalue weighted by molar-refractivity contribution is -0.384. The van der Waals surface area contributed by atoms with Crippen molar-refractivity contribution in [1.29, 1.82) is 5.26 Å². The molecule has 21 heavy (non-hydrogen) atoms. The molecule has 106 valence electrons. The van der Waals surface area contributed by atoms with E-state index in [4.69, 9.17) is 10.00 Å². The lowest BCUT2D eigenvalue weighted by Gasteiger charge is -2.11. The van der Waals surface area contributed by atoms with Crippen molar-refractivity contribution in [3.8, 4) is 17.6 Å². The summed E-state index contributed by atoms with van der Waals surface area (Å²) in [5.41, 5.74) is 1.45. The topological polar surface area (TPSA) is 88.2 Å². The zero-order valence-electron chi connectivity index (χ0n) is 11.6. The van der Waals surface area contributed by atoms with Crippen molar-refractivity contribution in [3.63, 3.8) is 0 Å². The predicted molar refractivity (Wildman–Crippen MR) is 78.6 cm³/mol. The summed E-state index contributed by atoms with van der Waals surface area (Å²) in [6, 6.07) is 11.8. The van der Waals surface area contributed by atoms with Crippen molar-refractivity contribution in [3.05, 3.63) is 57.6 Å². The first-order valence-corrected chi connectivity index (χ1v) is 6.20. The van der Waals surface area contributed by atoms with Crippen LogP contribution >= 0.6 is 0 Å². The summed E-state index contributed by atoms with van der Waals surface area (Å²) in [5.74, 6) is 0.551. The van der Waals surface area contributed by atoms with Gasteiger partial charge in [-0.15, -0.1) is 0 Å². The minimum atomic E-state index is -0.495. The van der Waals surface area contributed by atoms with Gasteiger partial charge in [-0.3, -0.25) is 10.1 Å². The van der Waals surface area contributed by atoms with Gasteiger partial charge < -0.3 is 10.1 Å². The first kappa shape index (κ1) is 14.3. The van der Waals surface area contributed by atoms with E-state index in [1.165, 1.54) is 6.07 Å². The highest BCUT2D eigenvalue weighted by Gasteiger charge is 2.21. The maximum Gasteiger partial charge on any atom is 0.334 e. The molecule has 6 nitrogen and oxygen atoms in total. The molecule has 0 amide bonds. The Bertz CT molecular complexity index is 735. The van der Waals surface area contributed by atoms with Crippen LogP contribution in [0.15, 0.2) is 36.4 Å². The number of nitriles is 1. The third-order valence-corrected chi connectivity index (χ3v) is 2.99. The van der Waals surface area contributed by atoms with Gasteiger partial charge in [0, 0.05) is 7.05 Å². The highest BCUT2D eigenvalue weighted by Crippen LogP contribution is 2.38. The number of nitro benzene ring substituents is 1. The molecule has 2 rings (SSSR count). The summed E-state index contributed by atoms with van der Waals surface area (Å²) in [4.78, 5) is 10.7. The number of nitrogens with one attached hydrogen (secondary N) is 1. The minimum absolute atomic E-state index is 0.130. The molecule has 0 aliphatic heterocycles. The maximum absolute atomic E-state index is 11.2. The maximum atomic E-state index is 11.2. The molecular weight excluding hydrogens is 270 g/mol. The summed E-state index contributed by atoms with van der Waals surface area (Å²) in [7, 11) is 1.60. The fourth-order valence-corrected chi connectivity index (χ4v) is 1.89. The molecule has 2 aromatic rings. The van der Waals surface area contributed by atoms with Gasteiger partial charge in [-0.2, -0.15) is 5.26 Å². The number of ether oxygens (including phenoxy) is 1. The lowest BCUT2D eigenvalue weighted by Crippen LogP contribution is -1.99. The first-order chi connectivity index (χ1) is 10.1. The van der Waals surface area contributed by atoms with E-state index in [2.05, 4.69) is 5.32 Å². The Kier molecular flexibility index (Phi) is 4.05. The molecule has 0 unspecified atom stereocenters. The van der Waals surface area contributed by atoms with Gasteiger partial charge in [0.05, 0.1) is 16.6 Å². The lowest BCUT2D eigenvalue weighted by atomic mass is 10.1. The van der Waals surface area contributed by atoms with E-state index in [-0.39, 0.29) is 11.4 Å². The summed E-state index contributed by atoms with van der Waals surface area (Å²) in [5, 5.41) is 22.9. The molecule has 0 spiro atoms. The molecule has 0 aliphatic rings. The largest absolute Gasteiger partial charge is 0.450 e. The van der Waals surface area contributed by atoms with Gasteiger partial charge in [0.2, 0.25) is 5.75 Å². The van der Waals surface area contributed by atoms with E-state index in [0.29, 0.717) is 17.0 Å². The van der Waals surface area contributed by atoms with Crippen LogP contribution in [-0.4, -0.2) is 12.0 Å². The number of nitro groups is 1. The smallest absolute Gasteiger partial charge is 0.334 e. The summed E-state index contributed by atoms with van der Waals surface area (Å²) >= 11 is 0. The molecule has 2 aromatic carbocycles. The Morgan fingerprint density at radius 1 is 1.29 bits per heavy atom. The van der Waals surface area contributed by atoms with E-state index in [9.17, 15) is 10.1 Å². The number of benzene rings is 2. The number of hydrogen-bond acceptors (Lipinski definition) is 5. The minimum Gasteiger partial charge on any atom is -0.450 e. The molecular formula is C15H13N3O3. The zero-order chi connectivity index (χ0) is 15.4. The van der Waals surface area contributed by atoms with E-state index in [0.717, 1.165) is 5.56 Å². The third-order valence-electron chi connectivity index (χ3n) is 2.99. The zero-order valence-corrected chi connectivity index (χ0v) is 11.6. The van der Waals surface area contributed by atoms with Crippen LogP contribution in [0.3, 0.4) is 0 Å². The quantitative estimate of drug-likeness (QED) is 0.684. The second-order valence-electron chi connectivity index (χ2n) is 4.35. The van der Waals surface area contributed by atoms with Crippen molar-refractivity contribution in [2.24, 2.45) is 0 Å². The molecule has 0 aliphatic carbocycles. The van der Waals surface area contributed by atoms with Gasteiger partial charge in [-0.1, -0.05) is 12.1 Å². The normalized spacial score (nSPS) is 9.76. The Morgan fingerprint density at radius 2 is 2.05 bits per heavy atom. The van der Waals surface area contributed by atoms with Gasteiger partial charge in [0.15, 0.2) is 0 Å². The van der Waals surface area contributed by atoms with Crippen LogP contribution in [0.1, 0.15) is 11.1 Å². The molecule has 0 fully saturated rings. The molecule has 1 N–H and O–H groups in total. The number of para-hydroxylation sites is 1. The monoisotopic (exact) mass is 283 g/mol. The van der Waals surface area contributed by atoms with Crippen LogP contribution < -0.4 is 10.1 Å². The highest BCUT2D eigenvalue weighted by molar-refractivity contribution is 5.68. The predicted octanol–water partition coefficient (Wildman–Crippen LogP) is 3.61. The Hall–Kier alpha value is -3.07. The van der Waals surface area contributed by atoms with Crippen molar-refractivity contribution in [1.82, 2.24) is 0 Å². The molecule has 0 heterocycles. The second kappa shape index (κ2) is 5.92. The summed E-state index contributed by atoms with van der Waals surface area (Å²) in [6.07, 6.45) is 0. The van der Waals surface area contributed by atoms with Gasteiger partial charge >= 0.3 is 5.69 Å². The van der Waals surface area contributed by atoms with E-state index < -0.39 is 4.92 Å². The number of hydrogen-bond donors (Lipinski definition) is 1. The van der Waals surface area contributed by atoms with Crippen LogP contribution in [0.25, 0.3) is 0 Å². The summed E-state index contributed by atoms with van der Waals surface area (Å²) < 4.78 is 5.65. The van der Waals surface area contributed by atoms with E-state index in [1.807, 2.05) is 13.0 Å². The highest BCUT2D eigenvalue weighted by atomic mass is 16.6. The second-order valence-corrected chi connectivity index (χ2v) is 4.35. The van der Waals surface area contributed by atoms with Crippen LogP contribution in [0.2, 0.25) is 0 Å². The molecule has 0 bridgehead atoms. The molecule has 0 aromatic heterocycles. The average Bonchev–Trinajstić information content (AvgIpc) is 2.48. The van der Waals surface area contributed by atoms with Crippen molar-refractivity contribution in [2.75, 3.05) is 12.4 Å². The fourth-order valence-electron chi connectivity index (χ4n) is 1.89. The molecule has 0 radical (unpaired) electrons. The van der Waals surface area contributed by atoms with Crippen LogP contribution in [0.4, 0.5) is 11.4 Å². The van der Waals surface area contributed by atoms with Crippen LogP contribution in [0.5, 0.6) is 11.5 Å². The van der Waals surface area contributed by atoms with Crippen molar-refractivity contribution >= 4 is 11.4 Å². The van der Waals surface area contributed by atoms with Crippen LogP contribution in [-0.2, 0) is 0 Å². The van der Waals surface area contributed by atoms with Gasteiger partial charge in [0.25, 0.3) is 0 Å². The number of aryl methyl sites for hydroxylation is 1. The Morgan fingerprint density at radius 3 is 2.67 bits per heavy atom. The molecule has 0 saturated carbocycles. The third kappa shape index (κ3) is 2.92. The number of rotatable bonds is 4. The van der Waals surface area contributed by atoms with Gasteiger partial charge in [-0.25, -0.2) is 0 Å². The number of nitrogens with zero attached hydrogens (tertiary/aromatic N) is 2. The molecule has 0 saturated heterocycles. The Balaban J connectivity index is 2.50. The van der Waals surface area contributed by atoms with Gasteiger partial charge in [0.1, 0.15) is 11.4 Å². The standard InChI is InChI=1S/C15H13N3O3/c1-10-6-7-11(9-16)8-14(10)21-13-5-3-4-12(17-2)15(13)18(19)20/h3-8,17H,1-2H3. The average molecular weight is 283 g/mol.